The summed E-state index contributed by atoms with van der Waals surface area (Å²) in [6, 6.07) is 4.16. The second kappa shape index (κ2) is 6.69. The van der Waals surface area contributed by atoms with Crippen LogP contribution < -0.4 is 10.2 Å². The van der Waals surface area contributed by atoms with E-state index in [2.05, 4.69) is 39.5 Å². The van der Waals surface area contributed by atoms with Gasteiger partial charge in [-0.25, -0.2) is 0 Å². The van der Waals surface area contributed by atoms with Crippen LogP contribution in [0.2, 0.25) is 0 Å². The van der Waals surface area contributed by atoms with E-state index >= 15 is 0 Å². The van der Waals surface area contributed by atoms with Crippen LogP contribution in [0.5, 0.6) is 0 Å². The molecule has 100 valence electrons. The molecule has 1 aliphatic rings. The normalized spacial score (nSPS) is 17.1. The highest BCUT2D eigenvalue weighted by molar-refractivity contribution is 5.37. The van der Waals surface area contributed by atoms with E-state index in [0.717, 1.165) is 37.1 Å². The molecule has 1 aromatic rings. The van der Waals surface area contributed by atoms with Crippen molar-refractivity contribution in [3.05, 3.63) is 17.8 Å². The number of nitrogens with one attached hydrogen (secondary N) is 1. The number of piperidine rings is 1. The molecule has 2 heterocycles. The van der Waals surface area contributed by atoms with Crippen LogP contribution in [0.15, 0.2) is 12.1 Å². The predicted octanol–water partition coefficient (Wildman–Crippen LogP) is 2.21. The second-order valence-corrected chi connectivity index (χ2v) is 5.13. The second-order valence-electron chi connectivity index (χ2n) is 5.13. The van der Waals surface area contributed by atoms with Gasteiger partial charge in [0.25, 0.3) is 0 Å². The zero-order valence-electron chi connectivity index (χ0n) is 11.5. The maximum Gasteiger partial charge on any atom is 0.151 e. The van der Waals surface area contributed by atoms with Gasteiger partial charge in [0.1, 0.15) is 0 Å². The standard InChI is InChI=1S/C14H24N4/c1-3-4-12-7-9-18(10-8-12)14-6-5-13(11-15-2)16-17-14/h5-6,12,15H,3-4,7-11H2,1-2H3. The van der Waals surface area contributed by atoms with Gasteiger partial charge in [0.15, 0.2) is 5.82 Å². The van der Waals surface area contributed by atoms with Crippen LogP contribution in [0, 0.1) is 5.92 Å². The van der Waals surface area contributed by atoms with Crippen molar-refractivity contribution in [1.82, 2.24) is 15.5 Å². The van der Waals surface area contributed by atoms with Crippen LogP contribution in [0.3, 0.4) is 0 Å². The van der Waals surface area contributed by atoms with Crippen molar-refractivity contribution in [2.45, 2.75) is 39.2 Å². The lowest BCUT2D eigenvalue weighted by atomic mass is 9.92. The number of nitrogens with zero attached hydrogens (tertiary/aromatic N) is 3. The Bertz CT molecular complexity index is 341. The highest BCUT2D eigenvalue weighted by Crippen LogP contribution is 2.24. The van der Waals surface area contributed by atoms with Crippen molar-refractivity contribution in [2.75, 3.05) is 25.0 Å². The SMILES string of the molecule is CCCC1CCN(c2ccc(CNC)nn2)CC1. The topological polar surface area (TPSA) is 41.0 Å². The molecule has 0 bridgehead atoms. The highest BCUT2D eigenvalue weighted by atomic mass is 15.3. The molecule has 0 unspecified atom stereocenters. The summed E-state index contributed by atoms with van der Waals surface area (Å²) in [5.74, 6) is 1.95. The van der Waals surface area contributed by atoms with E-state index in [1.165, 1.54) is 25.7 Å². The van der Waals surface area contributed by atoms with Crippen LogP contribution >= 0.6 is 0 Å². The van der Waals surface area contributed by atoms with E-state index in [9.17, 15) is 0 Å². The van der Waals surface area contributed by atoms with Gasteiger partial charge in [0.05, 0.1) is 5.69 Å². The summed E-state index contributed by atoms with van der Waals surface area (Å²) in [5, 5.41) is 11.7. The van der Waals surface area contributed by atoms with E-state index in [0.29, 0.717) is 0 Å². The zero-order chi connectivity index (χ0) is 12.8. The summed E-state index contributed by atoms with van der Waals surface area (Å²) < 4.78 is 0. The largest absolute Gasteiger partial charge is 0.355 e. The van der Waals surface area contributed by atoms with Gasteiger partial charge in [-0.1, -0.05) is 19.8 Å². The first-order chi connectivity index (χ1) is 8.83. The average molecular weight is 248 g/mol. The third-order valence-electron chi connectivity index (χ3n) is 3.70. The minimum atomic E-state index is 0.784. The lowest BCUT2D eigenvalue weighted by Crippen LogP contribution is -2.34. The molecule has 1 aliphatic heterocycles. The molecule has 0 spiro atoms. The van der Waals surface area contributed by atoms with Crippen molar-refractivity contribution < 1.29 is 0 Å². The third kappa shape index (κ3) is 3.42. The van der Waals surface area contributed by atoms with Gasteiger partial charge in [-0.15, -0.1) is 5.10 Å². The average Bonchev–Trinajstić information content (AvgIpc) is 2.41. The van der Waals surface area contributed by atoms with Gasteiger partial charge in [-0.2, -0.15) is 5.10 Å². The Morgan fingerprint density at radius 1 is 1.28 bits per heavy atom. The highest BCUT2D eigenvalue weighted by Gasteiger charge is 2.19. The molecule has 1 aromatic heterocycles. The number of rotatable bonds is 5. The maximum absolute atomic E-state index is 4.33. The molecule has 1 saturated heterocycles. The van der Waals surface area contributed by atoms with E-state index in [-0.39, 0.29) is 0 Å². The van der Waals surface area contributed by atoms with Gasteiger partial charge >= 0.3 is 0 Å². The van der Waals surface area contributed by atoms with Crippen LogP contribution in [0.1, 0.15) is 38.3 Å². The summed E-state index contributed by atoms with van der Waals surface area (Å²) in [5.41, 5.74) is 1.00. The fraction of sp³-hybridized carbons (Fsp3) is 0.714. The lowest BCUT2D eigenvalue weighted by Gasteiger charge is -2.32. The number of anilines is 1. The van der Waals surface area contributed by atoms with Crippen LogP contribution in [-0.4, -0.2) is 30.3 Å². The summed E-state index contributed by atoms with van der Waals surface area (Å²) in [6.45, 7) is 5.32. The van der Waals surface area contributed by atoms with Gasteiger partial charge in [0, 0.05) is 19.6 Å². The molecule has 1 fully saturated rings. The summed E-state index contributed by atoms with van der Waals surface area (Å²) in [6.07, 6.45) is 5.28. The van der Waals surface area contributed by atoms with Gasteiger partial charge in [0.2, 0.25) is 0 Å². The molecule has 0 saturated carbocycles. The van der Waals surface area contributed by atoms with E-state index in [4.69, 9.17) is 0 Å². The van der Waals surface area contributed by atoms with Crippen molar-refractivity contribution in [3.8, 4) is 0 Å². The molecule has 0 radical (unpaired) electrons. The van der Waals surface area contributed by atoms with Crippen molar-refractivity contribution >= 4 is 5.82 Å². The molecule has 18 heavy (non-hydrogen) atoms. The van der Waals surface area contributed by atoms with Gasteiger partial charge < -0.3 is 10.2 Å². The number of hydrogen-bond acceptors (Lipinski definition) is 4. The minimum absolute atomic E-state index is 0.784. The fourth-order valence-corrected chi connectivity index (χ4v) is 2.66. The fourth-order valence-electron chi connectivity index (χ4n) is 2.66. The summed E-state index contributed by atoms with van der Waals surface area (Å²) in [7, 11) is 1.92. The number of aromatic nitrogens is 2. The lowest BCUT2D eigenvalue weighted by molar-refractivity contribution is 0.377. The third-order valence-corrected chi connectivity index (χ3v) is 3.70. The summed E-state index contributed by atoms with van der Waals surface area (Å²) >= 11 is 0. The Labute approximate surface area is 110 Å². The molecule has 0 aliphatic carbocycles. The van der Waals surface area contributed by atoms with E-state index in [1.807, 2.05) is 7.05 Å². The number of hydrogen-bond donors (Lipinski definition) is 1. The quantitative estimate of drug-likeness (QED) is 0.867. The molecule has 0 aromatic carbocycles. The Morgan fingerprint density at radius 3 is 2.61 bits per heavy atom. The Balaban J connectivity index is 1.89. The van der Waals surface area contributed by atoms with Crippen LogP contribution in [0.25, 0.3) is 0 Å². The molecule has 0 amide bonds. The molecule has 1 N–H and O–H groups in total. The van der Waals surface area contributed by atoms with Crippen LogP contribution in [-0.2, 0) is 6.54 Å². The molecular weight excluding hydrogens is 224 g/mol. The monoisotopic (exact) mass is 248 g/mol. The Morgan fingerprint density at radius 2 is 2.06 bits per heavy atom. The van der Waals surface area contributed by atoms with Gasteiger partial charge in [-0.05, 0) is 37.9 Å². The first-order valence-electron chi connectivity index (χ1n) is 7.05. The Kier molecular flexibility index (Phi) is 4.93. The van der Waals surface area contributed by atoms with E-state index < -0.39 is 0 Å². The van der Waals surface area contributed by atoms with Crippen LogP contribution in [0.4, 0.5) is 5.82 Å². The van der Waals surface area contributed by atoms with Gasteiger partial charge in [-0.3, -0.25) is 0 Å². The first-order valence-corrected chi connectivity index (χ1v) is 7.05. The van der Waals surface area contributed by atoms with E-state index in [1.54, 1.807) is 0 Å². The molecule has 0 atom stereocenters. The Hall–Kier alpha value is -1.16. The molecular formula is C14H24N4. The maximum atomic E-state index is 4.33. The molecule has 4 heteroatoms. The van der Waals surface area contributed by atoms with Crippen molar-refractivity contribution in [1.29, 1.82) is 0 Å². The first kappa shape index (κ1) is 13.3. The van der Waals surface area contributed by atoms with Crippen molar-refractivity contribution in [2.24, 2.45) is 5.92 Å². The molecule has 4 nitrogen and oxygen atoms in total. The predicted molar refractivity (Wildman–Crippen MR) is 74.6 cm³/mol. The van der Waals surface area contributed by atoms with Crippen molar-refractivity contribution in [3.63, 3.8) is 0 Å². The summed E-state index contributed by atoms with van der Waals surface area (Å²) in [4.78, 5) is 2.36. The minimum Gasteiger partial charge on any atom is -0.355 e. The zero-order valence-corrected chi connectivity index (χ0v) is 11.5. The smallest absolute Gasteiger partial charge is 0.151 e. The molecule has 2 rings (SSSR count).